The highest BCUT2D eigenvalue weighted by atomic mass is 32.1. The minimum absolute atomic E-state index is 0.188. The van der Waals surface area contributed by atoms with Gasteiger partial charge in [-0.1, -0.05) is 47.6 Å². The molecule has 5 heteroatoms. The lowest BCUT2D eigenvalue weighted by Crippen LogP contribution is -2.17. The van der Waals surface area contributed by atoms with E-state index in [1.807, 2.05) is 12.1 Å². The first-order chi connectivity index (χ1) is 15.5. The smallest absolute Gasteiger partial charge is 0.124 e. The Balaban J connectivity index is 1.94. The summed E-state index contributed by atoms with van der Waals surface area (Å²) in [6.45, 7) is 12.8. The first kappa shape index (κ1) is 23.5. The van der Waals surface area contributed by atoms with E-state index in [-0.39, 0.29) is 10.8 Å². The van der Waals surface area contributed by atoms with E-state index in [4.69, 9.17) is 9.72 Å². The Morgan fingerprint density at radius 3 is 1.94 bits per heavy atom. The third-order valence-corrected chi connectivity index (χ3v) is 7.74. The van der Waals surface area contributed by atoms with Crippen molar-refractivity contribution in [2.24, 2.45) is 0 Å². The molecule has 0 saturated carbocycles. The molecule has 172 valence electrons. The fourth-order valence-electron chi connectivity index (χ4n) is 3.86. The van der Waals surface area contributed by atoms with Crippen LogP contribution in [0.2, 0.25) is 0 Å². The molecule has 0 aliphatic carbocycles. The molecule has 0 radical (unpaired) electrons. The normalized spacial score (nSPS) is 12.2. The fourth-order valence-corrected chi connectivity index (χ4v) is 5.72. The molecule has 2 aromatic carbocycles. The Kier molecular flexibility index (Phi) is 6.14. The summed E-state index contributed by atoms with van der Waals surface area (Å²) in [6.07, 6.45) is 0. The lowest BCUT2D eigenvalue weighted by Gasteiger charge is -2.28. The Labute approximate surface area is 204 Å². The van der Waals surface area contributed by atoms with Crippen molar-refractivity contribution in [1.82, 2.24) is 4.98 Å². The number of aromatic nitrogens is 1. The summed E-state index contributed by atoms with van der Waals surface area (Å²) in [5, 5.41) is 14.2. The number of hydrogen-bond donors (Lipinski definition) is 1. The van der Waals surface area contributed by atoms with Gasteiger partial charge in [-0.05, 0) is 64.2 Å². The van der Waals surface area contributed by atoms with Gasteiger partial charge in [0.15, 0.2) is 0 Å². The second kappa shape index (κ2) is 8.62. The maximum Gasteiger partial charge on any atom is 0.124 e. The van der Waals surface area contributed by atoms with E-state index < -0.39 is 0 Å². The van der Waals surface area contributed by atoms with Gasteiger partial charge in [0.05, 0.1) is 22.6 Å². The molecule has 33 heavy (non-hydrogen) atoms. The lowest BCUT2D eigenvalue weighted by atomic mass is 9.78. The second-order valence-electron chi connectivity index (χ2n) is 10.3. The predicted molar refractivity (Wildman–Crippen MR) is 142 cm³/mol. The molecule has 0 unspecified atom stereocenters. The summed E-state index contributed by atoms with van der Waals surface area (Å²) in [6, 6.07) is 16.6. The number of thiazole rings is 1. The quantitative estimate of drug-likeness (QED) is 0.320. The van der Waals surface area contributed by atoms with Crippen LogP contribution in [0.4, 0.5) is 0 Å². The molecule has 3 nitrogen and oxygen atoms in total. The van der Waals surface area contributed by atoms with Crippen molar-refractivity contribution >= 4 is 22.7 Å². The van der Waals surface area contributed by atoms with Crippen molar-refractivity contribution in [3.63, 3.8) is 0 Å². The summed E-state index contributed by atoms with van der Waals surface area (Å²) in [5.74, 6) is 1.23. The zero-order valence-corrected chi connectivity index (χ0v) is 21.9. The van der Waals surface area contributed by atoms with E-state index in [1.54, 1.807) is 29.8 Å². The average Bonchev–Trinajstić information content (AvgIpc) is 3.42. The van der Waals surface area contributed by atoms with Crippen molar-refractivity contribution in [2.75, 3.05) is 7.11 Å². The van der Waals surface area contributed by atoms with Crippen molar-refractivity contribution in [3.8, 4) is 43.1 Å². The van der Waals surface area contributed by atoms with Gasteiger partial charge in [-0.25, -0.2) is 4.98 Å². The molecule has 0 atom stereocenters. The zero-order chi connectivity index (χ0) is 24.0. The summed E-state index contributed by atoms with van der Waals surface area (Å²) >= 11 is 3.39. The van der Waals surface area contributed by atoms with E-state index in [0.717, 1.165) is 48.5 Å². The number of rotatable bonds is 4. The Morgan fingerprint density at radius 1 is 0.848 bits per heavy atom. The third-order valence-electron chi connectivity index (χ3n) is 5.71. The zero-order valence-electron chi connectivity index (χ0n) is 20.3. The lowest BCUT2D eigenvalue weighted by molar-refractivity contribution is 0.415. The predicted octanol–water partition coefficient (Wildman–Crippen LogP) is 8.51. The highest BCUT2D eigenvalue weighted by Crippen LogP contribution is 2.46. The van der Waals surface area contributed by atoms with E-state index in [1.165, 1.54) is 0 Å². The highest BCUT2D eigenvalue weighted by Gasteiger charge is 2.28. The third kappa shape index (κ3) is 4.71. The molecule has 1 N–H and O–H groups in total. The summed E-state index contributed by atoms with van der Waals surface area (Å²) < 4.78 is 5.35. The van der Waals surface area contributed by atoms with Crippen LogP contribution < -0.4 is 4.74 Å². The molecule has 0 saturated heterocycles. The number of aromatic hydroxyl groups is 1. The minimum atomic E-state index is -0.188. The highest BCUT2D eigenvalue weighted by molar-refractivity contribution is 7.20. The summed E-state index contributed by atoms with van der Waals surface area (Å²) in [5.41, 5.74) is 4.68. The van der Waals surface area contributed by atoms with Gasteiger partial charge < -0.3 is 9.84 Å². The van der Waals surface area contributed by atoms with Crippen molar-refractivity contribution in [2.45, 2.75) is 52.4 Å². The van der Waals surface area contributed by atoms with Gasteiger partial charge in [-0.3, -0.25) is 0 Å². The number of phenolic OH excluding ortho intramolecular Hbond substituents is 1. The average molecular weight is 478 g/mol. The van der Waals surface area contributed by atoms with E-state index >= 15 is 0 Å². The number of benzene rings is 2. The first-order valence-corrected chi connectivity index (χ1v) is 12.8. The van der Waals surface area contributed by atoms with Crippen LogP contribution in [0.25, 0.3) is 31.6 Å². The number of hydrogen-bond acceptors (Lipinski definition) is 5. The minimum Gasteiger partial charge on any atom is -0.507 e. The summed E-state index contributed by atoms with van der Waals surface area (Å²) in [7, 11) is 1.68. The number of methoxy groups -OCH3 is 1. The molecule has 2 aromatic heterocycles. The van der Waals surface area contributed by atoms with Crippen molar-refractivity contribution in [3.05, 3.63) is 65.0 Å². The van der Waals surface area contributed by atoms with Crippen molar-refractivity contribution < 1.29 is 9.84 Å². The molecule has 2 heterocycles. The second-order valence-corrected chi connectivity index (χ2v) is 12.3. The number of nitrogens with zero attached hydrogens (tertiary/aromatic N) is 1. The van der Waals surface area contributed by atoms with Gasteiger partial charge in [0.25, 0.3) is 0 Å². The maximum absolute atomic E-state index is 11.1. The molecule has 0 spiro atoms. The Morgan fingerprint density at radius 2 is 1.45 bits per heavy atom. The largest absolute Gasteiger partial charge is 0.507 e. The number of thiophene rings is 1. The van der Waals surface area contributed by atoms with Crippen LogP contribution in [-0.4, -0.2) is 17.2 Å². The monoisotopic (exact) mass is 477 g/mol. The van der Waals surface area contributed by atoms with Crippen LogP contribution in [0.3, 0.4) is 0 Å². The molecule has 0 aliphatic heterocycles. The summed E-state index contributed by atoms with van der Waals surface area (Å²) in [4.78, 5) is 7.42. The molecule has 0 aliphatic rings. The van der Waals surface area contributed by atoms with E-state index in [9.17, 15) is 5.11 Å². The topological polar surface area (TPSA) is 42.4 Å². The van der Waals surface area contributed by atoms with Gasteiger partial charge in [0.1, 0.15) is 16.5 Å². The van der Waals surface area contributed by atoms with Gasteiger partial charge in [-0.2, -0.15) is 0 Å². The molecule has 0 fully saturated rings. The molecule has 0 amide bonds. The van der Waals surface area contributed by atoms with Gasteiger partial charge >= 0.3 is 0 Å². The fraction of sp³-hybridized carbons (Fsp3) is 0.321. The SMILES string of the molecule is COc1ccc(-c2sc(-c3cc(C(C)(C)C)c(O)c(C(C)(C)C)c3)nc2-c2cccs2)cc1. The van der Waals surface area contributed by atoms with Crippen LogP contribution in [0.5, 0.6) is 11.5 Å². The molecule has 4 rings (SSSR count). The first-order valence-electron chi connectivity index (χ1n) is 11.1. The van der Waals surface area contributed by atoms with Gasteiger partial charge in [0, 0.05) is 16.7 Å². The van der Waals surface area contributed by atoms with Crippen LogP contribution in [0.1, 0.15) is 52.7 Å². The number of phenols is 1. The van der Waals surface area contributed by atoms with Crippen LogP contribution in [0, 0.1) is 0 Å². The standard InChI is InChI=1S/C28H31NO2S2/c1-27(2,3)20-15-18(16-21(24(20)30)28(4,5)6)26-29-23(22-9-8-14-32-22)25(33-26)17-10-12-19(31-7)13-11-17/h8-16,30H,1-7H3. The van der Waals surface area contributed by atoms with Gasteiger partial charge in [0.2, 0.25) is 0 Å². The Hall–Kier alpha value is -2.63. The number of ether oxygens (including phenoxy) is 1. The van der Waals surface area contributed by atoms with Crippen LogP contribution in [-0.2, 0) is 10.8 Å². The van der Waals surface area contributed by atoms with E-state index in [2.05, 4.69) is 83.3 Å². The van der Waals surface area contributed by atoms with Gasteiger partial charge in [-0.15, -0.1) is 22.7 Å². The van der Waals surface area contributed by atoms with Crippen LogP contribution in [0.15, 0.2) is 53.9 Å². The Bertz CT molecular complexity index is 1220. The molecule has 4 aromatic rings. The maximum atomic E-state index is 11.1. The molecular formula is C28H31NO2S2. The van der Waals surface area contributed by atoms with Crippen LogP contribution >= 0.6 is 22.7 Å². The molecule has 0 bridgehead atoms. The van der Waals surface area contributed by atoms with Crippen molar-refractivity contribution in [1.29, 1.82) is 0 Å². The van der Waals surface area contributed by atoms with E-state index in [0.29, 0.717) is 5.75 Å². The molecular weight excluding hydrogens is 446 g/mol.